The number of piperidine rings is 1. The van der Waals surface area contributed by atoms with Crippen molar-refractivity contribution in [3.05, 3.63) is 53.6 Å². The molecule has 234 valence electrons. The van der Waals surface area contributed by atoms with Crippen LogP contribution in [0.25, 0.3) is 0 Å². The minimum absolute atomic E-state index is 0.169. The van der Waals surface area contributed by atoms with Gasteiger partial charge in [-0.25, -0.2) is 0 Å². The van der Waals surface area contributed by atoms with Gasteiger partial charge >= 0.3 is 12.4 Å². The molecule has 2 N–H and O–H groups in total. The van der Waals surface area contributed by atoms with Crippen LogP contribution < -0.4 is 15.4 Å². The van der Waals surface area contributed by atoms with Crippen LogP contribution in [0.15, 0.2) is 47.5 Å². The zero-order valence-electron chi connectivity index (χ0n) is 24.4. The van der Waals surface area contributed by atoms with E-state index in [9.17, 15) is 26.3 Å². The van der Waals surface area contributed by atoms with Crippen molar-refractivity contribution >= 4 is 17.2 Å². The normalized spacial score (nSPS) is 17.6. The molecule has 0 bridgehead atoms. The monoisotopic (exact) mass is 601 g/mol. The Morgan fingerprint density at radius 2 is 1.50 bits per heavy atom. The molecule has 2 fully saturated rings. The summed E-state index contributed by atoms with van der Waals surface area (Å²) in [4.78, 5) is 11.2. The van der Waals surface area contributed by atoms with E-state index in [-0.39, 0.29) is 17.5 Å². The zero-order valence-corrected chi connectivity index (χ0v) is 24.4. The van der Waals surface area contributed by atoms with Gasteiger partial charge < -0.3 is 20.3 Å². The van der Waals surface area contributed by atoms with Crippen LogP contribution in [0.4, 0.5) is 37.7 Å². The summed E-state index contributed by atoms with van der Waals surface area (Å²) >= 11 is 0. The lowest BCUT2D eigenvalue weighted by Gasteiger charge is -2.37. The molecule has 0 unspecified atom stereocenters. The van der Waals surface area contributed by atoms with Crippen molar-refractivity contribution in [3.8, 4) is 5.75 Å². The van der Waals surface area contributed by atoms with Crippen LogP contribution in [0, 0.1) is 0 Å². The van der Waals surface area contributed by atoms with E-state index >= 15 is 0 Å². The van der Waals surface area contributed by atoms with E-state index in [0.717, 1.165) is 75.3 Å². The summed E-state index contributed by atoms with van der Waals surface area (Å²) < 4.78 is 83.7. The number of ether oxygens (including phenoxy) is 1. The van der Waals surface area contributed by atoms with Gasteiger partial charge in [0.15, 0.2) is 0 Å². The molecule has 0 atom stereocenters. The molecule has 0 aliphatic carbocycles. The van der Waals surface area contributed by atoms with Gasteiger partial charge in [-0.1, -0.05) is 13.8 Å². The van der Waals surface area contributed by atoms with Crippen LogP contribution in [0.3, 0.4) is 0 Å². The maximum absolute atomic E-state index is 13.1. The summed E-state index contributed by atoms with van der Waals surface area (Å²) in [5.74, 6) is 1.18. The van der Waals surface area contributed by atoms with Crippen molar-refractivity contribution in [1.82, 2.24) is 9.80 Å². The third-order valence-corrected chi connectivity index (χ3v) is 7.50. The SMILES string of the molecule is CC.CN=C(CCCN1CCN(c2ccc(C(F)(F)F)cc2)CC1)N1CCC(Oc2ccc(N)c(C(F)(F)F)c2)CC1. The first-order valence-electron chi connectivity index (χ1n) is 14.4. The molecule has 2 aliphatic heterocycles. The molecule has 12 heteroatoms. The summed E-state index contributed by atoms with van der Waals surface area (Å²) in [7, 11) is 1.77. The number of benzene rings is 2. The van der Waals surface area contributed by atoms with Crippen LogP contribution >= 0.6 is 0 Å². The lowest BCUT2D eigenvalue weighted by atomic mass is 10.1. The molecule has 0 radical (unpaired) electrons. The second-order valence-corrected chi connectivity index (χ2v) is 10.2. The number of nitrogen functional groups attached to an aromatic ring is 1. The number of nitrogens with zero attached hydrogens (tertiary/aromatic N) is 4. The number of anilines is 2. The Labute approximate surface area is 244 Å². The van der Waals surface area contributed by atoms with Crippen LogP contribution in [-0.4, -0.2) is 74.6 Å². The van der Waals surface area contributed by atoms with Gasteiger partial charge in [0.1, 0.15) is 11.9 Å². The average molecular weight is 602 g/mol. The van der Waals surface area contributed by atoms with Crippen molar-refractivity contribution in [3.63, 3.8) is 0 Å². The number of piperazine rings is 1. The number of hydrogen-bond acceptors (Lipinski definition) is 5. The maximum atomic E-state index is 13.1. The second kappa shape index (κ2) is 14.8. The van der Waals surface area contributed by atoms with E-state index in [1.807, 2.05) is 13.8 Å². The number of likely N-dealkylation sites (tertiary alicyclic amines) is 1. The number of nitrogens with two attached hydrogens (primary N) is 1. The van der Waals surface area contributed by atoms with Gasteiger partial charge in [-0.15, -0.1) is 0 Å². The number of amidine groups is 1. The molecular formula is C30H41F6N5O. The fraction of sp³-hybridized carbons (Fsp3) is 0.567. The number of hydrogen-bond donors (Lipinski definition) is 1. The van der Waals surface area contributed by atoms with Crippen LogP contribution in [-0.2, 0) is 12.4 Å². The molecule has 2 saturated heterocycles. The molecule has 2 aliphatic rings. The molecule has 0 spiro atoms. The highest BCUT2D eigenvalue weighted by molar-refractivity contribution is 5.82. The van der Waals surface area contributed by atoms with E-state index in [2.05, 4.69) is 19.7 Å². The Morgan fingerprint density at radius 1 is 0.881 bits per heavy atom. The molecule has 0 saturated carbocycles. The van der Waals surface area contributed by atoms with Gasteiger partial charge in [-0.2, -0.15) is 26.3 Å². The Hall–Kier alpha value is -3.15. The molecule has 4 rings (SSSR count). The number of halogens is 6. The second-order valence-electron chi connectivity index (χ2n) is 10.2. The quantitative estimate of drug-likeness (QED) is 0.164. The van der Waals surface area contributed by atoms with Crippen molar-refractivity contribution < 1.29 is 31.1 Å². The van der Waals surface area contributed by atoms with Gasteiger partial charge in [-0.3, -0.25) is 9.89 Å². The average Bonchev–Trinajstić information content (AvgIpc) is 2.97. The fourth-order valence-electron chi connectivity index (χ4n) is 5.24. The van der Waals surface area contributed by atoms with E-state index in [1.165, 1.54) is 24.3 Å². The predicted octanol–water partition coefficient (Wildman–Crippen LogP) is 6.81. The van der Waals surface area contributed by atoms with Crippen molar-refractivity contribution in [2.75, 3.05) is 63.5 Å². The summed E-state index contributed by atoms with van der Waals surface area (Å²) in [6.45, 7) is 9.51. The molecule has 42 heavy (non-hydrogen) atoms. The zero-order chi connectivity index (χ0) is 30.9. The molecule has 6 nitrogen and oxygen atoms in total. The van der Waals surface area contributed by atoms with Gasteiger partial charge in [-0.05, 0) is 55.4 Å². The lowest BCUT2D eigenvalue weighted by molar-refractivity contribution is -0.138. The summed E-state index contributed by atoms with van der Waals surface area (Å²) in [6, 6.07) is 8.99. The van der Waals surface area contributed by atoms with Crippen molar-refractivity contribution in [1.29, 1.82) is 0 Å². The largest absolute Gasteiger partial charge is 0.490 e. The van der Waals surface area contributed by atoms with E-state index in [0.29, 0.717) is 25.9 Å². The maximum Gasteiger partial charge on any atom is 0.418 e. The molecule has 2 aromatic carbocycles. The highest BCUT2D eigenvalue weighted by Crippen LogP contribution is 2.36. The third kappa shape index (κ3) is 9.17. The Balaban J connectivity index is 0.00000237. The standard InChI is InChI=1S/C28H35F6N5O.C2H6/c1-36-26(39-13-10-22(11-14-39)40-23-8-9-25(35)24(19-23)28(32,33)34)3-2-12-37-15-17-38(18-16-37)21-6-4-20(5-7-21)27(29,30)31;1-2/h4-9,19,22H,2-3,10-18,35H2,1H3;1-2H3. The Kier molecular flexibility index (Phi) is 11.8. The Bertz CT molecular complexity index is 1140. The van der Waals surface area contributed by atoms with Gasteiger partial charge in [0.25, 0.3) is 0 Å². The van der Waals surface area contributed by atoms with Gasteiger partial charge in [0.05, 0.1) is 17.0 Å². The predicted molar refractivity (Wildman–Crippen MR) is 155 cm³/mol. The summed E-state index contributed by atoms with van der Waals surface area (Å²) in [6.07, 6.45) is -5.95. The van der Waals surface area contributed by atoms with Crippen molar-refractivity contribution in [2.24, 2.45) is 4.99 Å². The first-order valence-corrected chi connectivity index (χ1v) is 14.4. The number of rotatable bonds is 7. The topological polar surface area (TPSA) is 57.3 Å². The summed E-state index contributed by atoms with van der Waals surface area (Å²) in [5.41, 5.74) is 4.44. The third-order valence-electron chi connectivity index (χ3n) is 7.50. The van der Waals surface area contributed by atoms with Gasteiger partial charge in [0, 0.05) is 77.0 Å². The molecular weight excluding hydrogens is 560 g/mol. The van der Waals surface area contributed by atoms with Gasteiger partial charge in [0.2, 0.25) is 0 Å². The van der Waals surface area contributed by atoms with Crippen molar-refractivity contribution in [2.45, 2.75) is 58.0 Å². The Morgan fingerprint density at radius 3 is 2.05 bits per heavy atom. The first-order chi connectivity index (χ1) is 19.9. The summed E-state index contributed by atoms with van der Waals surface area (Å²) in [5, 5.41) is 0. The van der Waals surface area contributed by atoms with Crippen LogP contribution in [0.5, 0.6) is 5.75 Å². The fourth-order valence-corrected chi connectivity index (χ4v) is 5.24. The first kappa shape index (κ1) is 33.4. The number of alkyl halides is 6. The smallest absolute Gasteiger partial charge is 0.418 e. The van der Waals surface area contributed by atoms with E-state index in [1.54, 1.807) is 7.05 Å². The number of aliphatic imine (C=N–C) groups is 1. The van der Waals surface area contributed by atoms with E-state index in [4.69, 9.17) is 10.5 Å². The highest BCUT2D eigenvalue weighted by Gasteiger charge is 2.34. The van der Waals surface area contributed by atoms with Crippen LogP contribution in [0.1, 0.15) is 50.7 Å². The van der Waals surface area contributed by atoms with E-state index < -0.39 is 23.5 Å². The molecule has 2 heterocycles. The molecule has 0 amide bonds. The highest BCUT2D eigenvalue weighted by atomic mass is 19.4. The minimum Gasteiger partial charge on any atom is -0.490 e. The minimum atomic E-state index is -4.53. The molecule has 0 aromatic heterocycles. The lowest BCUT2D eigenvalue weighted by Crippen LogP contribution is -2.47. The molecule has 2 aromatic rings. The van der Waals surface area contributed by atoms with Crippen LogP contribution in [0.2, 0.25) is 0 Å².